The van der Waals surface area contributed by atoms with Gasteiger partial charge in [0.15, 0.2) is 0 Å². The van der Waals surface area contributed by atoms with E-state index in [1.807, 2.05) is 0 Å². The Morgan fingerprint density at radius 3 is 2.93 bits per heavy atom. The lowest BCUT2D eigenvalue weighted by Gasteiger charge is -2.10. The molecule has 3 N–H and O–H groups in total. The smallest absolute Gasteiger partial charge is 0.325 e. The van der Waals surface area contributed by atoms with Gasteiger partial charge >= 0.3 is 6.03 Å². The van der Waals surface area contributed by atoms with Crippen LogP contribution < -0.4 is 11.1 Å². The monoisotopic (exact) mass is 209 g/mol. The van der Waals surface area contributed by atoms with Crippen molar-refractivity contribution in [3.8, 4) is 0 Å². The number of nitrogens with two attached hydrogens (primary N) is 1. The zero-order valence-electron chi connectivity index (χ0n) is 8.03. The third-order valence-electron chi connectivity index (χ3n) is 2.30. The molecule has 1 aliphatic rings. The molecule has 0 unspecified atom stereocenters. The molecule has 0 atom stereocenters. The summed E-state index contributed by atoms with van der Waals surface area (Å²) in [5.74, 6) is 0.308. The number of amides is 3. The maximum Gasteiger partial charge on any atom is 0.325 e. The minimum Gasteiger partial charge on any atom is -0.467 e. The van der Waals surface area contributed by atoms with Gasteiger partial charge in [0.2, 0.25) is 5.91 Å². The van der Waals surface area contributed by atoms with E-state index in [9.17, 15) is 9.59 Å². The summed E-state index contributed by atoms with van der Waals surface area (Å²) in [6.07, 6.45) is 1.50. The quantitative estimate of drug-likeness (QED) is 0.674. The molecule has 1 aromatic heterocycles. The first-order chi connectivity index (χ1) is 7.22. The van der Waals surface area contributed by atoms with E-state index in [0.717, 1.165) is 10.5 Å². The summed E-state index contributed by atoms with van der Waals surface area (Å²) in [6.45, 7) is 0.525. The minimum atomic E-state index is -0.389. The normalized spacial score (nSPS) is 15.9. The van der Waals surface area contributed by atoms with E-state index in [-0.39, 0.29) is 25.0 Å². The lowest BCUT2D eigenvalue weighted by Crippen LogP contribution is -2.30. The first-order valence-corrected chi connectivity index (χ1v) is 4.56. The molecular weight excluding hydrogens is 198 g/mol. The minimum absolute atomic E-state index is 0.0531. The summed E-state index contributed by atoms with van der Waals surface area (Å²) in [7, 11) is 0. The molecule has 1 fully saturated rings. The van der Waals surface area contributed by atoms with Crippen LogP contribution in [0.15, 0.2) is 16.7 Å². The molecule has 2 rings (SSSR count). The number of imide groups is 1. The van der Waals surface area contributed by atoms with Crippen LogP contribution in [0.2, 0.25) is 0 Å². The van der Waals surface area contributed by atoms with Gasteiger partial charge in [-0.2, -0.15) is 0 Å². The van der Waals surface area contributed by atoms with Crippen LogP contribution in [0.25, 0.3) is 0 Å². The van der Waals surface area contributed by atoms with Gasteiger partial charge in [-0.15, -0.1) is 0 Å². The second kappa shape index (κ2) is 3.74. The molecule has 0 aliphatic carbocycles. The summed E-state index contributed by atoms with van der Waals surface area (Å²) in [5, 5.41) is 2.43. The Kier molecular flexibility index (Phi) is 2.42. The largest absolute Gasteiger partial charge is 0.467 e. The molecule has 80 valence electrons. The van der Waals surface area contributed by atoms with Crippen molar-refractivity contribution in [1.29, 1.82) is 0 Å². The first-order valence-electron chi connectivity index (χ1n) is 4.56. The molecule has 0 spiro atoms. The van der Waals surface area contributed by atoms with E-state index in [4.69, 9.17) is 10.2 Å². The number of carbonyl (C=O) groups excluding carboxylic acids is 2. The molecule has 1 aromatic rings. The molecule has 2 heterocycles. The van der Waals surface area contributed by atoms with Crippen LogP contribution in [0.5, 0.6) is 0 Å². The number of nitrogens with one attached hydrogen (secondary N) is 1. The highest BCUT2D eigenvalue weighted by Crippen LogP contribution is 2.14. The van der Waals surface area contributed by atoms with Gasteiger partial charge in [0, 0.05) is 12.1 Å². The van der Waals surface area contributed by atoms with E-state index >= 15 is 0 Å². The fourth-order valence-electron chi connectivity index (χ4n) is 1.45. The Morgan fingerprint density at radius 1 is 1.53 bits per heavy atom. The Morgan fingerprint density at radius 2 is 2.33 bits per heavy atom. The summed E-state index contributed by atoms with van der Waals surface area (Å²) in [4.78, 5) is 23.6. The molecule has 0 saturated carbocycles. The van der Waals surface area contributed by atoms with E-state index in [2.05, 4.69) is 5.32 Å². The van der Waals surface area contributed by atoms with E-state index in [0.29, 0.717) is 12.3 Å². The highest BCUT2D eigenvalue weighted by molar-refractivity contribution is 6.01. The predicted octanol–water partition coefficient (Wildman–Crippen LogP) is -0.210. The van der Waals surface area contributed by atoms with Crippen LogP contribution in [-0.4, -0.2) is 23.4 Å². The van der Waals surface area contributed by atoms with E-state index in [1.165, 1.54) is 6.26 Å². The van der Waals surface area contributed by atoms with Gasteiger partial charge in [-0.3, -0.25) is 9.69 Å². The van der Waals surface area contributed by atoms with Gasteiger partial charge in [-0.1, -0.05) is 0 Å². The third kappa shape index (κ3) is 1.71. The molecule has 1 saturated heterocycles. The van der Waals surface area contributed by atoms with Crippen LogP contribution in [-0.2, 0) is 17.9 Å². The maximum atomic E-state index is 11.3. The lowest BCUT2D eigenvalue weighted by atomic mass is 10.2. The highest BCUT2D eigenvalue weighted by atomic mass is 16.3. The second-order valence-corrected chi connectivity index (χ2v) is 3.21. The first kappa shape index (κ1) is 9.72. The van der Waals surface area contributed by atoms with E-state index < -0.39 is 0 Å². The SMILES string of the molecule is NCc1ccoc1CN1C(=O)CNC1=O. The van der Waals surface area contributed by atoms with Gasteiger partial charge < -0.3 is 15.5 Å². The van der Waals surface area contributed by atoms with Crippen molar-refractivity contribution in [1.82, 2.24) is 10.2 Å². The number of furan rings is 1. The van der Waals surface area contributed by atoms with Crippen molar-refractivity contribution >= 4 is 11.9 Å². The van der Waals surface area contributed by atoms with Crippen molar-refractivity contribution in [3.05, 3.63) is 23.7 Å². The Hall–Kier alpha value is -1.82. The van der Waals surface area contributed by atoms with Crippen LogP contribution in [0.3, 0.4) is 0 Å². The van der Waals surface area contributed by atoms with Crippen molar-refractivity contribution in [2.45, 2.75) is 13.1 Å². The summed E-state index contributed by atoms with van der Waals surface area (Å²) in [6, 6.07) is 1.34. The number of urea groups is 1. The Labute approximate surface area is 86.0 Å². The fraction of sp³-hybridized carbons (Fsp3) is 0.333. The number of rotatable bonds is 3. The topological polar surface area (TPSA) is 88.6 Å². The maximum absolute atomic E-state index is 11.3. The second-order valence-electron chi connectivity index (χ2n) is 3.21. The molecule has 6 nitrogen and oxygen atoms in total. The van der Waals surface area contributed by atoms with Crippen LogP contribution in [0, 0.1) is 0 Å². The molecule has 6 heteroatoms. The van der Waals surface area contributed by atoms with Gasteiger partial charge in [0.25, 0.3) is 0 Å². The molecule has 0 bridgehead atoms. The zero-order chi connectivity index (χ0) is 10.8. The highest BCUT2D eigenvalue weighted by Gasteiger charge is 2.29. The number of hydrogen-bond donors (Lipinski definition) is 2. The van der Waals surface area contributed by atoms with Crippen LogP contribution in [0.1, 0.15) is 11.3 Å². The number of carbonyl (C=O) groups is 2. The average Bonchev–Trinajstić information content (AvgIpc) is 2.79. The summed E-state index contributed by atoms with van der Waals surface area (Å²) >= 11 is 0. The molecule has 1 aliphatic heterocycles. The van der Waals surface area contributed by atoms with Crippen LogP contribution >= 0.6 is 0 Å². The summed E-state index contributed by atoms with van der Waals surface area (Å²) in [5.41, 5.74) is 6.28. The molecule has 0 radical (unpaired) electrons. The lowest BCUT2D eigenvalue weighted by molar-refractivity contribution is -0.125. The summed E-state index contributed by atoms with van der Waals surface area (Å²) < 4.78 is 5.16. The van der Waals surface area contributed by atoms with Crippen LogP contribution in [0.4, 0.5) is 4.79 Å². The van der Waals surface area contributed by atoms with E-state index in [1.54, 1.807) is 6.07 Å². The zero-order valence-corrected chi connectivity index (χ0v) is 8.03. The number of hydrogen-bond acceptors (Lipinski definition) is 4. The Bertz CT molecular complexity index is 383. The average molecular weight is 209 g/mol. The standard InChI is InChI=1S/C9H11N3O3/c10-3-6-1-2-15-7(6)5-12-8(13)4-11-9(12)14/h1-2H,3-5,10H2,(H,11,14). The van der Waals surface area contributed by atoms with Gasteiger partial charge in [0.1, 0.15) is 5.76 Å². The van der Waals surface area contributed by atoms with Crippen molar-refractivity contribution in [2.24, 2.45) is 5.73 Å². The molecule has 3 amide bonds. The van der Waals surface area contributed by atoms with Gasteiger partial charge in [-0.05, 0) is 6.07 Å². The number of nitrogens with zero attached hydrogens (tertiary/aromatic N) is 1. The van der Waals surface area contributed by atoms with Crippen molar-refractivity contribution in [2.75, 3.05) is 6.54 Å². The predicted molar refractivity (Wildman–Crippen MR) is 50.5 cm³/mol. The third-order valence-corrected chi connectivity index (χ3v) is 2.30. The van der Waals surface area contributed by atoms with Gasteiger partial charge in [-0.25, -0.2) is 4.79 Å². The molecule has 0 aromatic carbocycles. The Balaban J connectivity index is 2.14. The fourth-order valence-corrected chi connectivity index (χ4v) is 1.45. The molecular formula is C9H11N3O3. The van der Waals surface area contributed by atoms with Gasteiger partial charge in [0.05, 0.1) is 19.4 Å². The van der Waals surface area contributed by atoms with Crippen molar-refractivity contribution in [3.63, 3.8) is 0 Å². The molecule has 15 heavy (non-hydrogen) atoms. The van der Waals surface area contributed by atoms with Crippen molar-refractivity contribution < 1.29 is 14.0 Å².